The van der Waals surface area contributed by atoms with Gasteiger partial charge in [-0.15, -0.1) is 0 Å². The summed E-state index contributed by atoms with van der Waals surface area (Å²) >= 11 is 0. The van der Waals surface area contributed by atoms with Crippen LogP contribution in [-0.2, 0) is 16.6 Å². The van der Waals surface area contributed by atoms with E-state index in [1.165, 1.54) is 31.4 Å². The maximum atomic E-state index is 15.1. The van der Waals surface area contributed by atoms with Crippen LogP contribution in [0.3, 0.4) is 0 Å². The Morgan fingerprint density at radius 1 is 1.20 bits per heavy atom. The number of nitrogens with one attached hydrogen (secondary N) is 2. The molecule has 0 amide bonds. The molecule has 0 aliphatic carbocycles. The predicted molar refractivity (Wildman–Crippen MR) is 145 cm³/mol. The maximum absolute atomic E-state index is 15.1. The first-order chi connectivity index (χ1) is 18.7. The number of fused-ring (bicyclic) bond motifs is 1. The normalized spacial score (nSPS) is 20.1. The molecule has 1 unspecified atom stereocenters. The molecule has 1 aliphatic rings. The fraction of sp³-hybridized carbons (Fsp3) is 0.385. The third-order valence-corrected chi connectivity index (χ3v) is 7.50. The predicted octanol–water partition coefficient (Wildman–Crippen LogP) is 3.06. The van der Waals surface area contributed by atoms with Crippen molar-refractivity contribution in [3.63, 3.8) is 0 Å². The van der Waals surface area contributed by atoms with Crippen molar-refractivity contribution in [1.29, 1.82) is 0 Å². The monoisotopic (exact) mass is 582 g/mol. The molecule has 1 aliphatic heterocycles. The third kappa shape index (κ3) is 6.79. The molecule has 14 heteroatoms. The zero-order chi connectivity index (χ0) is 29.3. The molecule has 0 bridgehead atoms. The number of sulfonamides is 1. The number of alkyl halides is 4. The van der Waals surface area contributed by atoms with Gasteiger partial charge in [-0.2, -0.15) is 13.2 Å². The van der Waals surface area contributed by atoms with Crippen molar-refractivity contribution >= 4 is 32.3 Å². The molecule has 2 atom stereocenters. The van der Waals surface area contributed by atoms with Gasteiger partial charge in [-0.25, -0.2) is 17.9 Å². The highest BCUT2D eigenvalue weighted by molar-refractivity contribution is 7.89. The van der Waals surface area contributed by atoms with Crippen LogP contribution in [0.2, 0.25) is 0 Å². The zero-order valence-electron chi connectivity index (χ0n) is 21.8. The first-order valence-electron chi connectivity index (χ1n) is 12.2. The number of benzene rings is 2. The Kier molecular flexibility index (Phi) is 8.23. The fourth-order valence-electron chi connectivity index (χ4n) is 4.70. The highest BCUT2D eigenvalue weighted by atomic mass is 32.2. The minimum absolute atomic E-state index is 0.0108. The van der Waals surface area contributed by atoms with E-state index in [-0.39, 0.29) is 34.9 Å². The number of ether oxygens (including phenoxy) is 1. The summed E-state index contributed by atoms with van der Waals surface area (Å²) in [5.41, 5.74) is 7.18. The Bertz CT molecular complexity index is 1560. The van der Waals surface area contributed by atoms with Gasteiger partial charge < -0.3 is 24.8 Å². The van der Waals surface area contributed by atoms with Gasteiger partial charge in [0.25, 0.3) is 0 Å². The molecule has 1 aromatic heterocycles. The van der Waals surface area contributed by atoms with Gasteiger partial charge in [-0.1, -0.05) is 12.0 Å². The van der Waals surface area contributed by atoms with Crippen LogP contribution in [0.4, 0.5) is 28.9 Å². The molecule has 6 N–H and O–H groups in total. The van der Waals surface area contributed by atoms with Crippen molar-refractivity contribution < 1.29 is 30.7 Å². The van der Waals surface area contributed by atoms with E-state index in [1.54, 1.807) is 30.1 Å². The van der Waals surface area contributed by atoms with Crippen LogP contribution in [0, 0.1) is 11.8 Å². The molecule has 216 valence electrons. The van der Waals surface area contributed by atoms with E-state index in [1.807, 2.05) is 0 Å². The van der Waals surface area contributed by atoms with Gasteiger partial charge in [0.1, 0.15) is 12.3 Å². The Morgan fingerprint density at radius 2 is 1.95 bits per heavy atom. The van der Waals surface area contributed by atoms with Gasteiger partial charge in [-0.05, 0) is 49.7 Å². The van der Waals surface area contributed by atoms with Crippen LogP contribution >= 0.6 is 0 Å². The van der Waals surface area contributed by atoms with Crippen molar-refractivity contribution in [2.45, 2.75) is 35.9 Å². The third-order valence-electron chi connectivity index (χ3n) is 6.59. The number of hydrogen-bond donors (Lipinski definition) is 4. The number of anilines is 2. The van der Waals surface area contributed by atoms with Gasteiger partial charge in [0, 0.05) is 30.2 Å². The first kappa shape index (κ1) is 29.5. The number of halogens is 4. The minimum atomic E-state index is -4.51. The van der Waals surface area contributed by atoms with Crippen molar-refractivity contribution in [2.24, 2.45) is 10.9 Å². The average Bonchev–Trinajstić information content (AvgIpc) is 3.19. The van der Waals surface area contributed by atoms with Crippen LogP contribution in [0.5, 0.6) is 5.75 Å². The van der Waals surface area contributed by atoms with Gasteiger partial charge in [-0.3, -0.25) is 5.73 Å². The molecule has 1 saturated heterocycles. The van der Waals surface area contributed by atoms with E-state index < -0.39 is 34.6 Å². The quantitative estimate of drug-likeness (QED) is 0.192. The van der Waals surface area contributed by atoms with Crippen LogP contribution in [0.1, 0.15) is 12.1 Å². The second kappa shape index (κ2) is 11.2. The van der Waals surface area contributed by atoms with Crippen molar-refractivity contribution in [3.05, 3.63) is 48.2 Å². The second-order valence-corrected chi connectivity index (χ2v) is 11.2. The maximum Gasteiger partial charge on any atom is 0.406 e. The molecule has 4 rings (SSSR count). The van der Waals surface area contributed by atoms with Crippen LogP contribution in [-0.4, -0.2) is 69.7 Å². The standard InChI is InChI=1S/C26H30F4N6O3S/c1-35-12-10-24(25(27,31)15-35)34-20-6-3-7-22-19(20)13-17(36(22)16-26(28,29)30)5-4-11-33-21-9-8-18(40(32,37)38)14-23(21)39-2/h3,6-9,13-14,24,33-34H,10-12,15-16,31H2,1-2H3,(H2,32,37,38)/t24?,25-/m0/s1. The smallest absolute Gasteiger partial charge is 0.406 e. The summed E-state index contributed by atoms with van der Waals surface area (Å²) in [6.45, 7) is -0.616. The van der Waals surface area contributed by atoms with Gasteiger partial charge in [0.05, 0.1) is 41.5 Å². The lowest BCUT2D eigenvalue weighted by atomic mass is 9.97. The van der Waals surface area contributed by atoms with Crippen molar-refractivity contribution in [2.75, 3.05) is 44.4 Å². The molecule has 9 nitrogen and oxygen atoms in total. The fourth-order valence-corrected chi connectivity index (χ4v) is 5.23. The van der Waals surface area contributed by atoms with Gasteiger partial charge in [0.15, 0.2) is 5.79 Å². The van der Waals surface area contributed by atoms with E-state index >= 15 is 4.39 Å². The summed E-state index contributed by atoms with van der Waals surface area (Å²) in [5.74, 6) is 3.76. The van der Waals surface area contributed by atoms with Gasteiger partial charge in [0.2, 0.25) is 10.0 Å². The summed E-state index contributed by atoms with van der Waals surface area (Å²) in [5, 5.41) is 11.7. The highest BCUT2D eigenvalue weighted by Crippen LogP contribution is 2.33. The Hall–Kier alpha value is -3.51. The average molecular weight is 583 g/mol. The zero-order valence-corrected chi connectivity index (χ0v) is 22.7. The molecular weight excluding hydrogens is 552 g/mol. The van der Waals surface area contributed by atoms with E-state index in [0.29, 0.717) is 29.7 Å². The first-order valence-corrected chi connectivity index (χ1v) is 13.8. The molecule has 0 saturated carbocycles. The van der Waals surface area contributed by atoms with Crippen LogP contribution in [0.25, 0.3) is 10.9 Å². The number of likely N-dealkylation sites (N-methyl/N-ethyl adjacent to an activating group) is 1. The number of primary sulfonamides is 1. The summed E-state index contributed by atoms with van der Waals surface area (Å²) in [4.78, 5) is 1.65. The number of nitrogens with zero attached hydrogens (tertiary/aromatic N) is 2. The highest BCUT2D eigenvalue weighted by Gasteiger charge is 2.40. The Morgan fingerprint density at radius 3 is 2.60 bits per heavy atom. The van der Waals surface area contributed by atoms with Gasteiger partial charge >= 0.3 is 6.18 Å². The van der Waals surface area contributed by atoms with Crippen molar-refractivity contribution in [3.8, 4) is 17.6 Å². The largest absolute Gasteiger partial charge is 0.495 e. The Balaban J connectivity index is 1.62. The molecule has 40 heavy (non-hydrogen) atoms. The van der Waals surface area contributed by atoms with E-state index in [9.17, 15) is 21.6 Å². The van der Waals surface area contributed by atoms with Crippen molar-refractivity contribution in [1.82, 2.24) is 9.47 Å². The minimum Gasteiger partial charge on any atom is -0.495 e. The summed E-state index contributed by atoms with van der Waals surface area (Å²) in [6.07, 6.45) is -4.09. The molecular formula is C26H30F4N6O3S. The molecule has 2 aromatic carbocycles. The molecule has 3 aromatic rings. The second-order valence-electron chi connectivity index (χ2n) is 9.68. The SMILES string of the molecule is COc1cc(S(N)(=O)=O)ccc1NCC#Cc1cc2c(NC3CCN(C)C[C@@]3(N)F)cccc2n1CC(F)(F)F. The number of likely N-dealkylation sites (tertiary alicyclic amines) is 1. The molecule has 0 spiro atoms. The molecule has 0 radical (unpaired) electrons. The van der Waals surface area contributed by atoms with Crippen LogP contribution in [0.15, 0.2) is 47.4 Å². The topological polar surface area (TPSA) is 128 Å². The Labute approximate surface area is 229 Å². The number of methoxy groups -OCH3 is 1. The molecule has 1 fully saturated rings. The number of hydrogen-bond acceptors (Lipinski definition) is 7. The number of aromatic nitrogens is 1. The summed E-state index contributed by atoms with van der Waals surface area (Å²) < 4.78 is 85.1. The van der Waals surface area contributed by atoms with E-state index in [2.05, 4.69) is 22.5 Å². The summed E-state index contributed by atoms with van der Waals surface area (Å²) in [7, 11) is -0.814. The number of rotatable bonds is 7. The number of piperidine rings is 1. The van der Waals surface area contributed by atoms with E-state index in [4.69, 9.17) is 15.6 Å². The van der Waals surface area contributed by atoms with E-state index in [0.717, 1.165) is 4.57 Å². The lowest BCUT2D eigenvalue weighted by Gasteiger charge is -2.40. The molecule has 2 heterocycles. The number of nitrogens with two attached hydrogens (primary N) is 2. The lowest BCUT2D eigenvalue weighted by Crippen LogP contribution is -2.61. The lowest BCUT2D eigenvalue weighted by molar-refractivity contribution is -0.140. The summed E-state index contributed by atoms with van der Waals surface area (Å²) in [6, 6.07) is 9.61. The van der Waals surface area contributed by atoms with Crippen LogP contribution < -0.4 is 26.2 Å².